The van der Waals surface area contributed by atoms with Crippen LogP contribution in [-0.2, 0) is 4.79 Å². The van der Waals surface area contributed by atoms with Crippen molar-refractivity contribution < 1.29 is 14.5 Å². The van der Waals surface area contributed by atoms with Crippen LogP contribution in [0.4, 0.5) is 5.69 Å². The molecule has 2 fully saturated rings. The molecule has 3 atom stereocenters. The van der Waals surface area contributed by atoms with E-state index >= 15 is 0 Å². The van der Waals surface area contributed by atoms with Crippen LogP contribution in [0.15, 0.2) is 24.3 Å². The molecule has 1 saturated carbocycles. The zero-order valence-corrected chi connectivity index (χ0v) is 17.0. The number of rotatable bonds is 5. The highest BCUT2D eigenvalue weighted by Crippen LogP contribution is 2.29. The van der Waals surface area contributed by atoms with Gasteiger partial charge in [-0.15, -0.1) is 0 Å². The number of nitrogens with zero attached hydrogens (tertiary/aromatic N) is 1. The number of piperazine rings is 1. The fraction of sp³-hybridized carbons (Fsp3) is 0.636. The summed E-state index contributed by atoms with van der Waals surface area (Å²) < 4.78 is 0. The molecule has 148 valence electrons. The maximum absolute atomic E-state index is 12.5. The van der Waals surface area contributed by atoms with Gasteiger partial charge in [-0.25, -0.2) is 0 Å². The van der Waals surface area contributed by atoms with Gasteiger partial charge in [0.1, 0.15) is 0 Å². The first kappa shape index (κ1) is 19.9. The SMILES string of the molecule is CC(=O)c1ccc(N2CC[NH+](CC(=O)N[C@H]3CCC[C@H](C)[C@H]3C)CC2)cc1. The summed E-state index contributed by atoms with van der Waals surface area (Å²) in [4.78, 5) is 27.6. The highest BCUT2D eigenvalue weighted by molar-refractivity contribution is 5.94. The standard InChI is InChI=1S/C22H33N3O2/c1-16-5-4-6-21(17(16)2)23-22(27)15-24-11-13-25(14-12-24)20-9-7-19(8-10-20)18(3)26/h7-10,16-17,21H,4-6,11-15H2,1-3H3,(H,23,27)/p+1/t16-,17+,21-/m0/s1. The lowest BCUT2D eigenvalue weighted by Gasteiger charge is -2.36. The first-order valence-corrected chi connectivity index (χ1v) is 10.4. The van der Waals surface area contributed by atoms with E-state index in [0.29, 0.717) is 24.4 Å². The summed E-state index contributed by atoms with van der Waals surface area (Å²) in [5.41, 5.74) is 1.92. The number of anilines is 1. The molecule has 1 amide bonds. The Balaban J connectivity index is 1.45. The third-order valence-electron chi connectivity index (χ3n) is 6.57. The third-order valence-corrected chi connectivity index (χ3v) is 6.57. The van der Waals surface area contributed by atoms with Gasteiger partial charge in [-0.05, 0) is 49.4 Å². The van der Waals surface area contributed by atoms with Gasteiger partial charge in [0.2, 0.25) is 0 Å². The number of carbonyl (C=O) groups is 2. The fourth-order valence-corrected chi connectivity index (χ4v) is 4.44. The normalized spacial score (nSPS) is 26.6. The van der Waals surface area contributed by atoms with Gasteiger partial charge in [0.05, 0.1) is 26.2 Å². The molecular formula is C22H34N3O2+. The van der Waals surface area contributed by atoms with Gasteiger partial charge in [0.25, 0.3) is 5.91 Å². The number of quaternary nitrogens is 1. The molecule has 5 heteroatoms. The zero-order chi connectivity index (χ0) is 19.4. The average Bonchev–Trinajstić information content (AvgIpc) is 2.66. The molecule has 0 aromatic heterocycles. The maximum atomic E-state index is 12.5. The van der Waals surface area contributed by atoms with E-state index in [1.54, 1.807) is 6.92 Å². The van der Waals surface area contributed by atoms with Crippen molar-refractivity contribution >= 4 is 17.4 Å². The molecule has 1 aromatic carbocycles. The number of amides is 1. The van der Waals surface area contributed by atoms with Crippen LogP contribution in [0, 0.1) is 11.8 Å². The minimum Gasteiger partial charge on any atom is -0.360 e. The monoisotopic (exact) mass is 372 g/mol. The van der Waals surface area contributed by atoms with Crippen LogP contribution in [0.3, 0.4) is 0 Å². The summed E-state index contributed by atoms with van der Waals surface area (Å²) in [7, 11) is 0. The number of carbonyl (C=O) groups excluding carboxylic acids is 2. The van der Waals surface area contributed by atoms with E-state index in [-0.39, 0.29) is 11.7 Å². The Labute approximate surface area is 163 Å². The van der Waals surface area contributed by atoms with E-state index < -0.39 is 0 Å². The van der Waals surface area contributed by atoms with Crippen molar-refractivity contribution in [3.05, 3.63) is 29.8 Å². The molecule has 2 aliphatic rings. The first-order valence-electron chi connectivity index (χ1n) is 10.4. The number of nitrogens with one attached hydrogen (secondary N) is 2. The summed E-state index contributed by atoms with van der Waals surface area (Å²) in [6.07, 6.45) is 3.63. The van der Waals surface area contributed by atoms with Gasteiger partial charge in [0, 0.05) is 17.3 Å². The summed E-state index contributed by atoms with van der Waals surface area (Å²) >= 11 is 0. The van der Waals surface area contributed by atoms with Crippen molar-refractivity contribution in [1.29, 1.82) is 0 Å². The van der Waals surface area contributed by atoms with E-state index in [2.05, 4.69) is 24.1 Å². The van der Waals surface area contributed by atoms with Gasteiger partial charge in [-0.3, -0.25) is 9.59 Å². The molecular weight excluding hydrogens is 338 g/mol. The van der Waals surface area contributed by atoms with Gasteiger partial charge < -0.3 is 15.1 Å². The Morgan fingerprint density at radius 1 is 1.11 bits per heavy atom. The predicted octanol–water partition coefficient (Wildman–Crippen LogP) is 1.54. The predicted molar refractivity (Wildman–Crippen MR) is 108 cm³/mol. The Morgan fingerprint density at radius 2 is 1.78 bits per heavy atom. The Kier molecular flexibility index (Phi) is 6.53. The molecule has 1 heterocycles. The molecule has 1 saturated heterocycles. The number of Topliss-reactive ketones (excluding diaryl/α,β-unsaturated/α-hetero) is 1. The lowest BCUT2D eigenvalue weighted by atomic mass is 9.78. The van der Waals surface area contributed by atoms with Crippen molar-refractivity contribution in [2.75, 3.05) is 37.6 Å². The van der Waals surface area contributed by atoms with Crippen LogP contribution >= 0.6 is 0 Å². The lowest BCUT2D eigenvalue weighted by molar-refractivity contribution is -0.892. The smallest absolute Gasteiger partial charge is 0.275 e. The quantitative estimate of drug-likeness (QED) is 0.771. The Bertz CT molecular complexity index is 650. The number of benzene rings is 1. The Hall–Kier alpha value is -1.88. The molecule has 5 nitrogen and oxygen atoms in total. The van der Waals surface area contributed by atoms with Crippen LogP contribution in [0.2, 0.25) is 0 Å². The molecule has 0 radical (unpaired) electrons. The molecule has 2 N–H and O–H groups in total. The second kappa shape index (κ2) is 8.87. The van der Waals surface area contributed by atoms with Crippen LogP contribution in [0.5, 0.6) is 0 Å². The summed E-state index contributed by atoms with van der Waals surface area (Å²) in [6.45, 7) is 10.6. The summed E-state index contributed by atoms with van der Waals surface area (Å²) in [6, 6.07) is 8.20. The molecule has 0 spiro atoms. The number of ketones is 1. The summed E-state index contributed by atoms with van der Waals surface area (Å²) in [5, 5.41) is 3.30. The topological polar surface area (TPSA) is 53.9 Å². The maximum Gasteiger partial charge on any atom is 0.275 e. The minimum atomic E-state index is 0.100. The molecule has 27 heavy (non-hydrogen) atoms. The molecule has 0 bridgehead atoms. The fourth-order valence-electron chi connectivity index (χ4n) is 4.44. The van der Waals surface area contributed by atoms with E-state index in [0.717, 1.165) is 43.9 Å². The van der Waals surface area contributed by atoms with E-state index in [1.165, 1.54) is 17.7 Å². The highest BCUT2D eigenvalue weighted by atomic mass is 16.2. The largest absolute Gasteiger partial charge is 0.360 e. The molecule has 1 aliphatic heterocycles. The second-order valence-electron chi connectivity index (χ2n) is 8.46. The van der Waals surface area contributed by atoms with Gasteiger partial charge in [-0.2, -0.15) is 0 Å². The van der Waals surface area contributed by atoms with Crippen molar-refractivity contribution in [3.63, 3.8) is 0 Å². The summed E-state index contributed by atoms with van der Waals surface area (Å²) in [5.74, 6) is 1.58. The van der Waals surface area contributed by atoms with Crippen molar-refractivity contribution in [3.8, 4) is 0 Å². The van der Waals surface area contributed by atoms with Crippen LogP contribution in [0.1, 0.15) is 50.4 Å². The molecule has 1 aliphatic carbocycles. The van der Waals surface area contributed by atoms with Crippen LogP contribution in [0.25, 0.3) is 0 Å². The van der Waals surface area contributed by atoms with Crippen LogP contribution in [-0.4, -0.2) is 50.5 Å². The third kappa shape index (κ3) is 5.10. The second-order valence-corrected chi connectivity index (χ2v) is 8.46. The van der Waals surface area contributed by atoms with Crippen molar-refractivity contribution in [2.45, 2.75) is 46.1 Å². The van der Waals surface area contributed by atoms with Gasteiger partial charge in [-0.1, -0.05) is 26.7 Å². The molecule has 3 rings (SSSR count). The Morgan fingerprint density at radius 3 is 2.41 bits per heavy atom. The van der Waals surface area contributed by atoms with E-state index in [4.69, 9.17) is 0 Å². The molecule has 0 unspecified atom stereocenters. The van der Waals surface area contributed by atoms with Crippen molar-refractivity contribution in [2.24, 2.45) is 11.8 Å². The van der Waals surface area contributed by atoms with Gasteiger partial charge >= 0.3 is 0 Å². The van der Waals surface area contributed by atoms with Crippen LogP contribution < -0.4 is 15.1 Å². The first-order chi connectivity index (χ1) is 12.9. The molecule has 1 aromatic rings. The van der Waals surface area contributed by atoms with E-state index in [9.17, 15) is 9.59 Å². The van der Waals surface area contributed by atoms with E-state index in [1.807, 2.05) is 24.3 Å². The minimum absolute atomic E-state index is 0.100. The number of hydrogen-bond acceptors (Lipinski definition) is 3. The van der Waals surface area contributed by atoms with Crippen molar-refractivity contribution in [1.82, 2.24) is 5.32 Å². The number of hydrogen-bond donors (Lipinski definition) is 2. The van der Waals surface area contributed by atoms with Gasteiger partial charge in [0.15, 0.2) is 12.3 Å². The highest BCUT2D eigenvalue weighted by Gasteiger charge is 2.29. The average molecular weight is 373 g/mol. The lowest BCUT2D eigenvalue weighted by Crippen LogP contribution is -3.16. The zero-order valence-electron chi connectivity index (χ0n) is 17.0.